The third-order valence-electron chi connectivity index (χ3n) is 2.28. The Bertz CT molecular complexity index is 473. The highest BCUT2D eigenvalue weighted by atomic mass is 79.9. The smallest absolute Gasteiger partial charge is 0.412 e. The van der Waals surface area contributed by atoms with E-state index in [1.165, 1.54) is 0 Å². The van der Waals surface area contributed by atoms with E-state index >= 15 is 0 Å². The number of carbonyl (C=O) groups excluding carboxylic acids is 1. The van der Waals surface area contributed by atoms with Crippen LogP contribution < -0.4 is 5.32 Å². The Morgan fingerprint density at radius 3 is 2.32 bits per heavy atom. The summed E-state index contributed by atoms with van der Waals surface area (Å²) in [5.74, 6) is 0. The van der Waals surface area contributed by atoms with Gasteiger partial charge in [0.25, 0.3) is 0 Å². The number of hydrogen-bond acceptors (Lipinski definition) is 3. The lowest BCUT2D eigenvalue weighted by Gasteiger charge is -2.24. The second-order valence-corrected chi connectivity index (χ2v) is 6.79. The minimum atomic E-state index is -1.06. The Morgan fingerprint density at radius 2 is 1.84 bits per heavy atom. The number of rotatable bonds is 2. The van der Waals surface area contributed by atoms with Crippen LogP contribution in [0.25, 0.3) is 0 Å². The number of hydrogen-bond donors (Lipinski definition) is 2. The third kappa shape index (κ3) is 5.20. The van der Waals surface area contributed by atoms with Gasteiger partial charge in [-0.25, -0.2) is 4.79 Å². The van der Waals surface area contributed by atoms with E-state index in [1.807, 2.05) is 0 Å². The number of carbonyl (C=O) groups is 1. The molecule has 19 heavy (non-hydrogen) atoms. The maximum absolute atomic E-state index is 11.8. The lowest BCUT2D eigenvalue weighted by atomic mass is 9.96. The molecule has 106 valence electrons. The van der Waals surface area contributed by atoms with Gasteiger partial charge in [-0.1, -0.05) is 15.9 Å². The summed E-state index contributed by atoms with van der Waals surface area (Å²) in [6, 6.07) is 5.29. The van der Waals surface area contributed by atoms with E-state index in [4.69, 9.17) is 4.74 Å². The van der Waals surface area contributed by atoms with Crippen LogP contribution in [0.15, 0.2) is 22.7 Å². The second-order valence-electron chi connectivity index (χ2n) is 5.88. The van der Waals surface area contributed by atoms with E-state index in [-0.39, 0.29) is 0 Å². The van der Waals surface area contributed by atoms with E-state index in [9.17, 15) is 9.90 Å². The van der Waals surface area contributed by atoms with Gasteiger partial charge in [-0.05, 0) is 52.8 Å². The Kier molecular flexibility index (Phi) is 4.63. The Morgan fingerprint density at radius 1 is 1.26 bits per heavy atom. The molecule has 1 rings (SSSR count). The average molecular weight is 330 g/mol. The summed E-state index contributed by atoms with van der Waals surface area (Å²) >= 11 is 3.35. The zero-order valence-corrected chi connectivity index (χ0v) is 13.5. The van der Waals surface area contributed by atoms with Crippen molar-refractivity contribution in [1.29, 1.82) is 0 Å². The number of benzene rings is 1. The number of nitrogens with one attached hydrogen (secondary N) is 1. The molecule has 0 aromatic heterocycles. The quantitative estimate of drug-likeness (QED) is 0.861. The molecule has 1 aromatic rings. The maximum Gasteiger partial charge on any atom is 0.412 e. The van der Waals surface area contributed by atoms with Crippen LogP contribution in [0.4, 0.5) is 10.5 Å². The molecule has 0 radical (unpaired) electrons. The first-order valence-electron chi connectivity index (χ1n) is 6.01. The minimum Gasteiger partial charge on any atom is -0.444 e. The minimum absolute atomic E-state index is 0.532. The van der Waals surface area contributed by atoms with Gasteiger partial charge in [0.15, 0.2) is 0 Å². The summed E-state index contributed by atoms with van der Waals surface area (Å²) in [5, 5.41) is 12.8. The van der Waals surface area contributed by atoms with Gasteiger partial charge in [0, 0.05) is 10.0 Å². The molecule has 0 atom stereocenters. The highest BCUT2D eigenvalue weighted by Gasteiger charge is 2.23. The van der Waals surface area contributed by atoms with Gasteiger partial charge in [-0.15, -0.1) is 0 Å². The first-order chi connectivity index (χ1) is 8.49. The molecule has 5 heteroatoms. The van der Waals surface area contributed by atoms with Gasteiger partial charge < -0.3 is 9.84 Å². The molecular formula is C14H20BrNO3. The van der Waals surface area contributed by atoms with Crippen LogP contribution in [-0.2, 0) is 10.3 Å². The summed E-state index contributed by atoms with van der Waals surface area (Å²) in [5.41, 5.74) is -0.472. The highest BCUT2D eigenvalue weighted by Crippen LogP contribution is 2.30. The van der Waals surface area contributed by atoms with Crippen LogP contribution in [0, 0.1) is 0 Å². The average Bonchev–Trinajstić information content (AvgIpc) is 2.16. The first-order valence-corrected chi connectivity index (χ1v) is 6.81. The zero-order chi connectivity index (χ0) is 14.8. The Labute approximate surface area is 122 Å². The molecular weight excluding hydrogens is 310 g/mol. The number of aliphatic hydroxyl groups is 1. The molecule has 4 nitrogen and oxygen atoms in total. The predicted molar refractivity (Wildman–Crippen MR) is 79.2 cm³/mol. The van der Waals surface area contributed by atoms with Crippen molar-refractivity contribution in [1.82, 2.24) is 0 Å². The number of anilines is 1. The van der Waals surface area contributed by atoms with Crippen molar-refractivity contribution < 1.29 is 14.6 Å². The predicted octanol–water partition coefficient (Wildman–Crippen LogP) is 4.02. The molecule has 0 unspecified atom stereocenters. The number of ether oxygens (including phenoxy) is 1. The van der Waals surface area contributed by atoms with Crippen molar-refractivity contribution in [3.8, 4) is 0 Å². The molecule has 0 aliphatic rings. The first kappa shape index (κ1) is 16.0. The van der Waals surface area contributed by atoms with Crippen LogP contribution >= 0.6 is 15.9 Å². The van der Waals surface area contributed by atoms with Crippen molar-refractivity contribution in [3.63, 3.8) is 0 Å². The fourth-order valence-electron chi connectivity index (χ4n) is 1.55. The molecule has 0 saturated carbocycles. The molecule has 1 aromatic carbocycles. The molecule has 0 aliphatic carbocycles. The standard InChI is InChI=1S/C14H20BrNO3/c1-13(2,3)19-12(17)16-11-7-6-9(15)8-10(11)14(4,5)18/h6-8,18H,1-5H3,(H,16,17). The van der Waals surface area contributed by atoms with Gasteiger partial charge in [-0.3, -0.25) is 5.32 Å². The fourth-order valence-corrected chi connectivity index (χ4v) is 1.91. The van der Waals surface area contributed by atoms with Gasteiger partial charge in [0.2, 0.25) is 0 Å². The zero-order valence-electron chi connectivity index (χ0n) is 11.9. The number of amides is 1. The summed E-state index contributed by atoms with van der Waals surface area (Å²) < 4.78 is 6.03. The SMILES string of the molecule is CC(C)(C)OC(=O)Nc1ccc(Br)cc1C(C)(C)O. The van der Waals surface area contributed by atoms with Gasteiger partial charge in [0.05, 0.1) is 11.3 Å². The van der Waals surface area contributed by atoms with Crippen LogP contribution in [0.2, 0.25) is 0 Å². The van der Waals surface area contributed by atoms with Crippen LogP contribution in [0.1, 0.15) is 40.2 Å². The van der Waals surface area contributed by atoms with Crippen molar-refractivity contribution in [2.24, 2.45) is 0 Å². The van der Waals surface area contributed by atoms with E-state index in [2.05, 4.69) is 21.2 Å². The Hall–Kier alpha value is -1.07. The monoisotopic (exact) mass is 329 g/mol. The normalized spacial score (nSPS) is 12.2. The topological polar surface area (TPSA) is 58.6 Å². The Balaban J connectivity index is 2.99. The molecule has 0 fully saturated rings. The molecule has 0 spiro atoms. The van der Waals surface area contributed by atoms with Crippen molar-refractivity contribution >= 4 is 27.7 Å². The van der Waals surface area contributed by atoms with Crippen molar-refractivity contribution in [2.45, 2.75) is 45.8 Å². The molecule has 1 amide bonds. The molecule has 2 N–H and O–H groups in total. The molecule has 0 bridgehead atoms. The van der Waals surface area contributed by atoms with E-state index < -0.39 is 17.3 Å². The van der Waals surface area contributed by atoms with Crippen molar-refractivity contribution in [2.75, 3.05) is 5.32 Å². The highest BCUT2D eigenvalue weighted by molar-refractivity contribution is 9.10. The van der Waals surface area contributed by atoms with Gasteiger partial charge in [0.1, 0.15) is 5.60 Å². The number of halogens is 1. The van der Waals surface area contributed by atoms with Crippen LogP contribution in [-0.4, -0.2) is 16.8 Å². The summed E-state index contributed by atoms with van der Waals surface area (Å²) in [4.78, 5) is 11.8. The largest absolute Gasteiger partial charge is 0.444 e. The molecule has 0 saturated heterocycles. The fraction of sp³-hybridized carbons (Fsp3) is 0.500. The van der Waals surface area contributed by atoms with E-state index in [0.29, 0.717) is 11.3 Å². The lowest BCUT2D eigenvalue weighted by Crippen LogP contribution is -2.28. The molecule has 0 aliphatic heterocycles. The van der Waals surface area contributed by atoms with Crippen LogP contribution in [0.5, 0.6) is 0 Å². The summed E-state index contributed by atoms with van der Waals surface area (Å²) in [7, 11) is 0. The van der Waals surface area contributed by atoms with Crippen molar-refractivity contribution in [3.05, 3.63) is 28.2 Å². The van der Waals surface area contributed by atoms with E-state index in [1.54, 1.807) is 52.8 Å². The van der Waals surface area contributed by atoms with Gasteiger partial charge in [-0.2, -0.15) is 0 Å². The van der Waals surface area contributed by atoms with E-state index in [0.717, 1.165) is 4.47 Å². The molecule has 0 heterocycles. The van der Waals surface area contributed by atoms with Crippen LogP contribution in [0.3, 0.4) is 0 Å². The summed E-state index contributed by atoms with van der Waals surface area (Å²) in [6.45, 7) is 8.71. The second kappa shape index (κ2) is 5.51. The van der Waals surface area contributed by atoms with Gasteiger partial charge >= 0.3 is 6.09 Å². The third-order valence-corrected chi connectivity index (χ3v) is 2.77. The lowest BCUT2D eigenvalue weighted by molar-refractivity contribution is 0.0632. The summed E-state index contributed by atoms with van der Waals surface area (Å²) in [6.07, 6.45) is -0.541. The maximum atomic E-state index is 11.8.